The zero-order valence-electron chi connectivity index (χ0n) is 13.1. The van der Waals surface area contributed by atoms with E-state index in [1.165, 1.54) is 0 Å². The Bertz CT molecular complexity index is 809. The highest BCUT2D eigenvalue weighted by Gasteiger charge is 2.32. The van der Waals surface area contributed by atoms with Crippen molar-refractivity contribution in [1.82, 2.24) is 0 Å². The summed E-state index contributed by atoms with van der Waals surface area (Å²) >= 11 is 0. The monoisotopic (exact) mass is 306 g/mol. The lowest BCUT2D eigenvalue weighted by atomic mass is 9.96. The second kappa shape index (κ2) is 5.23. The number of aryl methyl sites for hydroxylation is 2. The van der Waals surface area contributed by atoms with Crippen LogP contribution in [0.4, 0.5) is 11.4 Å². The second-order valence-corrected chi connectivity index (χ2v) is 6.29. The van der Waals surface area contributed by atoms with Gasteiger partial charge in [-0.15, -0.1) is 0 Å². The van der Waals surface area contributed by atoms with Crippen LogP contribution in [0.5, 0.6) is 0 Å². The molecular weight excluding hydrogens is 288 g/mol. The zero-order chi connectivity index (χ0) is 16.0. The quantitative estimate of drug-likeness (QED) is 0.927. The summed E-state index contributed by atoms with van der Waals surface area (Å²) in [6.45, 7) is 2.81. The molecule has 0 atom stereocenters. The molecule has 23 heavy (non-hydrogen) atoms. The van der Waals surface area contributed by atoms with Crippen molar-refractivity contribution in [2.24, 2.45) is 0 Å². The molecule has 0 saturated heterocycles. The van der Waals surface area contributed by atoms with E-state index in [2.05, 4.69) is 5.32 Å². The minimum absolute atomic E-state index is 0.121. The van der Waals surface area contributed by atoms with Crippen LogP contribution >= 0.6 is 0 Å². The summed E-state index contributed by atoms with van der Waals surface area (Å²) < 4.78 is 0. The third-order valence-electron chi connectivity index (χ3n) is 4.58. The largest absolute Gasteiger partial charge is 0.322 e. The van der Waals surface area contributed by atoms with Gasteiger partial charge in [-0.05, 0) is 55.2 Å². The Labute approximate surface area is 135 Å². The van der Waals surface area contributed by atoms with Crippen LogP contribution in [0.15, 0.2) is 36.4 Å². The van der Waals surface area contributed by atoms with Gasteiger partial charge >= 0.3 is 0 Å². The highest BCUT2D eigenvalue weighted by atomic mass is 16.2. The number of rotatable bonds is 2. The number of nitrogens with one attached hydrogen (secondary N) is 1. The Morgan fingerprint density at radius 2 is 1.87 bits per heavy atom. The topological polar surface area (TPSA) is 49.4 Å². The van der Waals surface area contributed by atoms with E-state index < -0.39 is 0 Å². The molecule has 2 aliphatic heterocycles. The summed E-state index contributed by atoms with van der Waals surface area (Å²) in [4.78, 5) is 26.5. The van der Waals surface area contributed by atoms with Crippen LogP contribution in [-0.2, 0) is 17.6 Å². The Morgan fingerprint density at radius 1 is 1.13 bits per heavy atom. The molecule has 0 spiro atoms. The number of carbonyl (C=O) groups excluding carboxylic acids is 2. The highest BCUT2D eigenvalue weighted by Crippen LogP contribution is 2.37. The van der Waals surface area contributed by atoms with Crippen LogP contribution < -0.4 is 10.2 Å². The smallest absolute Gasteiger partial charge is 0.255 e. The molecule has 4 heteroatoms. The van der Waals surface area contributed by atoms with Gasteiger partial charge in [0.1, 0.15) is 0 Å². The second-order valence-electron chi connectivity index (χ2n) is 6.29. The van der Waals surface area contributed by atoms with E-state index in [0.717, 1.165) is 47.5 Å². The minimum Gasteiger partial charge on any atom is -0.322 e. The summed E-state index contributed by atoms with van der Waals surface area (Å²) in [6.07, 6.45) is 2.30. The molecule has 116 valence electrons. The number of benzene rings is 2. The molecule has 0 saturated carbocycles. The van der Waals surface area contributed by atoms with Gasteiger partial charge in [-0.2, -0.15) is 0 Å². The first kappa shape index (κ1) is 14.0. The summed E-state index contributed by atoms with van der Waals surface area (Å²) in [5, 5.41) is 2.93. The predicted octanol–water partition coefficient (Wildman–Crippen LogP) is 3.08. The summed E-state index contributed by atoms with van der Waals surface area (Å²) in [7, 11) is 0. The van der Waals surface area contributed by atoms with Crippen LogP contribution in [0.3, 0.4) is 0 Å². The minimum atomic E-state index is -0.121. The van der Waals surface area contributed by atoms with Crippen molar-refractivity contribution in [2.75, 3.05) is 16.8 Å². The lowest BCUT2D eigenvalue weighted by Crippen LogP contribution is -2.31. The van der Waals surface area contributed by atoms with E-state index in [1.54, 1.807) is 0 Å². The Morgan fingerprint density at radius 3 is 2.65 bits per heavy atom. The molecule has 1 N–H and O–H groups in total. The van der Waals surface area contributed by atoms with Gasteiger partial charge in [0.05, 0.1) is 12.1 Å². The Kier molecular flexibility index (Phi) is 3.18. The Balaban J connectivity index is 1.65. The maximum Gasteiger partial charge on any atom is 0.255 e. The summed E-state index contributed by atoms with van der Waals surface area (Å²) in [5.41, 5.74) is 5.73. The fraction of sp³-hybridized carbons (Fsp3) is 0.263. The molecule has 0 aliphatic carbocycles. The molecule has 4 rings (SSSR count). The number of anilines is 2. The maximum atomic E-state index is 12.5. The molecule has 0 unspecified atom stereocenters. The van der Waals surface area contributed by atoms with Crippen LogP contribution in [0.25, 0.3) is 0 Å². The standard InChI is InChI=1S/C19H18N2O2/c1-12-4-6-16(7-5-12)20-19(23)15-9-13-3-2-8-21-17(22)11-14(10-15)18(13)21/h4-7,9-10H,2-3,8,11H2,1H3,(H,20,23). The van der Waals surface area contributed by atoms with Crippen LogP contribution in [0.2, 0.25) is 0 Å². The molecule has 2 aromatic carbocycles. The first-order chi connectivity index (χ1) is 11.1. The van der Waals surface area contributed by atoms with Crippen molar-refractivity contribution >= 4 is 23.2 Å². The number of carbonyl (C=O) groups is 2. The van der Waals surface area contributed by atoms with Crippen molar-refractivity contribution in [3.8, 4) is 0 Å². The average molecular weight is 306 g/mol. The van der Waals surface area contributed by atoms with Gasteiger partial charge in [0.15, 0.2) is 0 Å². The maximum absolute atomic E-state index is 12.5. The molecule has 2 heterocycles. The highest BCUT2D eigenvalue weighted by molar-refractivity contribution is 6.08. The van der Waals surface area contributed by atoms with Crippen LogP contribution in [-0.4, -0.2) is 18.4 Å². The van der Waals surface area contributed by atoms with Crippen molar-refractivity contribution in [2.45, 2.75) is 26.2 Å². The van der Waals surface area contributed by atoms with Gasteiger partial charge in [0, 0.05) is 17.8 Å². The van der Waals surface area contributed by atoms with E-state index in [-0.39, 0.29) is 11.8 Å². The lowest BCUT2D eigenvalue weighted by molar-refractivity contribution is -0.117. The number of hydrogen-bond acceptors (Lipinski definition) is 2. The first-order valence-corrected chi connectivity index (χ1v) is 7.96. The van der Waals surface area contributed by atoms with Gasteiger partial charge in [0.25, 0.3) is 5.91 Å². The molecule has 0 fully saturated rings. The van der Waals surface area contributed by atoms with Crippen molar-refractivity contribution in [3.05, 3.63) is 58.7 Å². The van der Waals surface area contributed by atoms with Gasteiger partial charge in [-0.1, -0.05) is 17.7 Å². The summed E-state index contributed by atoms with van der Waals surface area (Å²) in [6, 6.07) is 11.5. The van der Waals surface area contributed by atoms with Gasteiger partial charge in [-0.25, -0.2) is 0 Å². The average Bonchev–Trinajstić information content (AvgIpc) is 2.87. The fourth-order valence-electron chi connectivity index (χ4n) is 3.45. The van der Waals surface area contributed by atoms with E-state index in [1.807, 2.05) is 48.2 Å². The molecule has 2 aliphatic rings. The normalized spacial score (nSPS) is 15.5. The number of nitrogens with zero attached hydrogens (tertiary/aromatic N) is 1. The van der Waals surface area contributed by atoms with E-state index >= 15 is 0 Å². The van der Waals surface area contributed by atoms with Crippen molar-refractivity contribution in [3.63, 3.8) is 0 Å². The zero-order valence-corrected chi connectivity index (χ0v) is 13.1. The molecule has 2 amide bonds. The fourth-order valence-corrected chi connectivity index (χ4v) is 3.45. The summed E-state index contributed by atoms with van der Waals surface area (Å²) in [5.74, 6) is 0.0291. The molecule has 0 aromatic heterocycles. The van der Waals surface area contributed by atoms with E-state index in [4.69, 9.17) is 0 Å². The van der Waals surface area contributed by atoms with Crippen LogP contribution in [0.1, 0.15) is 33.5 Å². The van der Waals surface area contributed by atoms with E-state index in [9.17, 15) is 9.59 Å². The molecule has 4 nitrogen and oxygen atoms in total. The van der Waals surface area contributed by atoms with Crippen molar-refractivity contribution in [1.29, 1.82) is 0 Å². The molecule has 0 bridgehead atoms. The Hall–Kier alpha value is -2.62. The first-order valence-electron chi connectivity index (χ1n) is 7.96. The molecule has 0 radical (unpaired) electrons. The van der Waals surface area contributed by atoms with Gasteiger partial charge < -0.3 is 10.2 Å². The number of amides is 2. The molecular formula is C19H18N2O2. The van der Waals surface area contributed by atoms with Crippen molar-refractivity contribution < 1.29 is 9.59 Å². The predicted molar refractivity (Wildman–Crippen MR) is 90.0 cm³/mol. The third kappa shape index (κ3) is 2.40. The van der Waals surface area contributed by atoms with Crippen LogP contribution in [0, 0.1) is 6.92 Å². The lowest BCUT2D eigenvalue weighted by Gasteiger charge is -2.25. The van der Waals surface area contributed by atoms with Gasteiger partial charge in [0.2, 0.25) is 5.91 Å². The van der Waals surface area contributed by atoms with Gasteiger partial charge in [-0.3, -0.25) is 9.59 Å². The SMILES string of the molecule is Cc1ccc(NC(=O)c2cc3c4c(c2)CC(=O)N4CCC3)cc1. The third-order valence-corrected chi connectivity index (χ3v) is 4.58. The van der Waals surface area contributed by atoms with E-state index in [0.29, 0.717) is 12.0 Å². The number of hydrogen-bond donors (Lipinski definition) is 1. The molecule has 2 aromatic rings.